The lowest BCUT2D eigenvalue weighted by atomic mass is 9.84. The Labute approximate surface area is 186 Å². The summed E-state index contributed by atoms with van der Waals surface area (Å²) >= 11 is 0. The number of aromatic nitrogens is 2. The van der Waals surface area contributed by atoms with Gasteiger partial charge in [0.25, 0.3) is 5.91 Å². The average molecular weight is 435 g/mol. The summed E-state index contributed by atoms with van der Waals surface area (Å²) in [6.07, 6.45) is 4.92. The third-order valence-corrected chi connectivity index (χ3v) is 6.76. The van der Waals surface area contributed by atoms with Crippen LogP contribution in [0.1, 0.15) is 55.7 Å². The molecule has 0 fully saturated rings. The van der Waals surface area contributed by atoms with Crippen LogP contribution in [-0.2, 0) is 17.6 Å². The fourth-order valence-corrected chi connectivity index (χ4v) is 5.24. The van der Waals surface area contributed by atoms with E-state index in [9.17, 15) is 9.90 Å². The summed E-state index contributed by atoms with van der Waals surface area (Å²) < 4.78 is 15.6. The van der Waals surface area contributed by atoms with Gasteiger partial charge in [-0.15, -0.1) is 0 Å². The molecule has 1 aromatic heterocycles. The number of amides is 1. The second-order valence-electron chi connectivity index (χ2n) is 9.21. The number of hydrogen-bond donors (Lipinski definition) is 2. The van der Waals surface area contributed by atoms with Crippen LogP contribution in [0.5, 0.6) is 0 Å². The molecule has 1 aliphatic carbocycles. The van der Waals surface area contributed by atoms with E-state index in [1.165, 1.54) is 0 Å². The summed E-state index contributed by atoms with van der Waals surface area (Å²) in [6.45, 7) is 5.81. The lowest BCUT2D eigenvalue weighted by Gasteiger charge is -2.37. The Morgan fingerprint density at radius 3 is 2.84 bits per heavy atom. The van der Waals surface area contributed by atoms with E-state index < -0.39 is 11.6 Å². The highest BCUT2D eigenvalue weighted by Gasteiger charge is 2.43. The van der Waals surface area contributed by atoms with Crippen LogP contribution in [0.3, 0.4) is 0 Å². The number of imidazole rings is 1. The highest BCUT2D eigenvalue weighted by atomic mass is 19.1. The first-order valence-corrected chi connectivity index (χ1v) is 11.1. The second-order valence-corrected chi connectivity index (χ2v) is 9.21. The van der Waals surface area contributed by atoms with Gasteiger partial charge in [0, 0.05) is 41.9 Å². The third kappa shape index (κ3) is 3.14. The summed E-state index contributed by atoms with van der Waals surface area (Å²) in [5.74, 6) is -0.696. The molecule has 2 atom stereocenters. The smallest absolute Gasteiger partial charge is 0.252 e. The van der Waals surface area contributed by atoms with Gasteiger partial charge in [-0.1, -0.05) is 31.2 Å². The Morgan fingerprint density at radius 1 is 1.34 bits per heavy atom. The molecular formula is C25H27FN4O2. The monoisotopic (exact) mass is 434 g/mol. The van der Waals surface area contributed by atoms with Crippen molar-refractivity contribution in [2.45, 2.75) is 51.7 Å². The van der Waals surface area contributed by atoms with Gasteiger partial charge >= 0.3 is 0 Å². The lowest BCUT2D eigenvalue weighted by molar-refractivity contribution is -0.129. The van der Waals surface area contributed by atoms with E-state index in [0.717, 1.165) is 11.3 Å². The molecule has 0 bridgehead atoms. The predicted octanol–water partition coefficient (Wildman–Crippen LogP) is 3.91. The van der Waals surface area contributed by atoms with E-state index in [1.807, 2.05) is 25.1 Å². The van der Waals surface area contributed by atoms with E-state index in [2.05, 4.69) is 15.0 Å². The van der Waals surface area contributed by atoms with Crippen LogP contribution >= 0.6 is 0 Å². The molecule has 32 heavy (non-hydrogen) atoms. The van der Waals surface area contributed by atoms with Gasteiger partial charge in [0.2, 0.25) is 0 Å². The zero-order valence-electron chi connectivity index (χ0n) is 18.5. The Bertz CT molecular complexity index is 1180. The molecule has 2 unspecified atom stereocenters. The molecule has 166 valence electrons. The van der Waals surface area contributed by atoms with Crippen LogP contribution < -0.4 is 0 Å². The largest absolute Gasteiger partial charge is 0.384 e. The number of aromatic amines is 1. The van der Waals surface area contributed by atoms with Crippen molar-refractivity contribution in [3.8, 4) is 0 Å². The maximum atomic E-state index is 15.6. The minimum Gasteiger partial charge on any atom is -0.384 e. The van der Waals surface area contributed by atoms with Crippen molar-refractivity contribution in [1.82, 2.24) is 14.9 Å². The predicted molar refractivity (Wildman–Crippen MR) is 121 cm³/mol. The van der Waals surface area contributed by atoms with Crippen LogP contribution in [0.2, 0.25) is 0 Å². The van der Waals surface area contributed by atoms with E-state index in [1.54, 1.807) is 37.3 Å². The summed E-state index contributed by atoms with van der Waals surface area (Å²) in [4.78, 5) is 27.6. The third-order valence-electron chi connectivity index (χ3n) is 6.76. The van der Waals surface area contributed by atoms with E-state index >= 15 is 4.39 Å². The fourth-order valence-electron chi connectivity index (χ4n) is 5.24. The average Bonchev–Trinajstić information content (AvgIpc) is 3.49. The van der Waals surface area contributed by atoms with Gasteiger partial charge in [-0.25, -0.2) is 9.37 Å². The fraction of sp³-hybridized carbons (Fsp3) is 0.400. The molecule has 3 heterocycles. The van der Waals surface area contributed by atoms with Crippen LogP contribution in [0.15, 0.2) is 52.9 Å². The van der Waals surface area contributed by atoms with Crippen LogP contribution in [0, 0.1) is 5.92 Å². The number of fused-ring (bicyclic) bond motifs is 2. The second kappa shape index (κ2) is 7.52. The number of nitrogens with zero attached hydrogens (tertiary/aromatic N) is 3. The number of carbonyl (C=O) groups excluding carboxylic acids is 1. The normalized spacial score (nSPS) is 22.6. The molecule has 3 aliphatic rings. The number of nitrogens with one attached hydrogen (secondary N) is 1. The quantitative estimate of drug-likeness (QED) is 0.766. The molecule has 1 amide bonds. The van der Waals surface area contributed by atoms with Gasteiger partial charge in [-0.2, -0.15) is 0 Å². The van der Waals surface area contributed by atoms with Crippen LogP contribution in [0.25, 0.3) is 5.83 Å². The number of halogens is 1. The zero-order valence-corrected chi connectivity index (χ0v) is 18.5. The minimum absolute atomic E-state index is 0.172. The maximum Gasteiger partial charge on any atom is 0.252 e. The molecule has 0 saturated carbocycles. The molecule has 2 aromatic rings. The van der Waals surface area contributed by atoms with Crippen molar-refractivity contribution < 1.29 is 14.3 Å². The van der Waals surface area contributed by atoms with Crippen LogP contribution in [0.4, 0.5) is 4.39 Å². The summed E-state index contributed by atoms with van der Waals surface area (Å²) in [6, 6.07) is 6.88. The summed E-state index contributed by atoms with van der Waals surface area (Å²) in [5.41, 5.74) is 3.77. The number of benzene rings is 1. The topological polar surface area (TPSA) is 81.6 Å². The number of carbonyl (C=O) groups is 1. The first-order valence-electron chi connectivity index (χ1n) is 11.1. The van der Waals surface area contributed by atoms with E-state index in [4.69, 9.17) is 0 Å². The van der Waals surface area contributed by atoms with Gasteiger partial charge in [-0.05, 0) is 37.8 Å². The number of aliphatic hydroxyl groups is 1. The van der Waals surface area contributed by atoms with Gasteiger partial charge in [0.1, 0.15) is 11.9 Å². The van der Waals surface area contributed by atoms with Crippen molar-refractivity contribution >= 4 is 17.4 Å². The number of hydrogen-bond acceptors (Lipinski definition) is 4. The SMILES string of the molecule is CCC1C(C(=O)N2CCc3[nH]cnc3C2C2=C(F)c3ccccc3C2)=CN=C1C(C)(C)O. The molecule has 6 nitrogen and oxygen atoms in total. The zero-order chi connectivity index (χ0) is 22.6. The van der Waals surface area contributed by atoms with E-state index in [-0.39, 0.29) is 17.7 Å². The Balaban J connectivity index is 1.53. The van der Waals surface area contributed by atoms with Crippen molar-refractivity contribution in [2.75, 3.05) is 6.54 Å². The number of rotatable bonds is 4. The van der Waals surface area contributed by atoms with Gasteiger partial charge in [0.15, 0.2) is 0 Å². The summed E-state index contributed by atoms with van der Waals surface area (Å²) in [7, 11) is 0. The van der Waals surface area contributed by atoms with Gasteiger partial charge < -0.3 is 15.0 Å². The van der Waals surface area contributed by atoms with E-state index in [0.29, 0.717) is 53.9 Å². The number of aliphatic imine (C=N–C) groups is 1. The van der Waals surface area contributed by atoms with Crippen molar-refractivity contribution in [3.63, 3.8) is 0 Å². The highest BCUT2D eigenvalue weighted by molar-refractivity contribution is 6.08. The van der Waals surface area contributed by atoms with Crippen molar-refractivity contribution in [3.05, 3.63) is 70.5 Å². The summed E-state index contributed by atoms with van der Waals surface area (Å²) in [5, 5.41) is 10.5. The highest BCUT2D eigenvalue weighted by Crippen LogP contribution is 2.45. The molecule has 0 saturated heterocycles. The standard InChI is InChI=1S/C25H27FN4O2/c1-4-15-18(12-27-23(15)25(2,3)32)24(31)30-10-9-19-21(29-13-28-19)22(30)17-11-14-7-5-6-8-16(14)20(17)26/h5-8,12-13,15,22,32H,4,9-11H2,1-3H3,(H,28,29). The first kappa shape index (κ1) is 20.8. The Morgan fingerprint density at radius 2 is 2.12 bits per heavy atom. The maximum absolute atomic E-state index is 15.6. The first-order chi connectivity index (χ1) is 15.3. The van der Waals surface area contributed by atoms with Gasteiger partial charge in [0.05, 0.1) is 23.3 Å². The van der Waals surface area contributed by atoms with Crippen molar-refractivity contribution in [2.24, 2.45) is 10.9 Å². The molecular weight excluding hydrogens is 407 g/mol. The minimum atomic E-state index is -1.11. The molecule has 7 heteroatoms. The van der Waals surface area contributed by atoms with Crippen LogP contribution in [-0.4, -0.2) is 43.7 Å². The molecule has 1 aromatic carbocycles. The molecule has 5 rings (SSSR count). The molecule has 2 aliphatic heterocycles. The van der Waals surface area contributed by atoms with Gasteiger partial charge in [-0.3, -0.25) is 9.79 Å². The Hall–Kier alpha value is -3.06. The Kier molecular flexibility index (Phi) is 4.89. The molecule has 0 radical (unpaired) electrons. The lowest BCUT2D eigenvalue weighted by Crippen LogP contribution is -2.44. The molecule has 2 N–H and O–H groups in total. The number of H-pyrrole nitrogens is 1. The van der Waals surface area contributed by atoms with Crippen molar-refractivity contribution in [1.29, 1.82) is 0 Å². The molecule has 0 spiro atoms.